The molecule has 2 rings (SSSR count). The maximum atomic E-state index is 12.4. The minimum atomic E-state index is -0.161. The van der Waals surface area contributed by atoms with Crippen LogP contribution in [-0.2, 0) is 0 Å². The second-order valence-corrected chi connectivity index (χ2v) is 5.00. The first-order valence-corrected chi connectivity index (χ1v) is 6.43. The molecule has 0 unspecified atom stereocenters. The Labute approximate surface area is 118 Å². The molecule has 0 spiro atoms. The summed E-state index contributed by atoms with van der Waals surface area (Å²) in [6.07, 6.45) is 0. The van der Waals surface area contributed by atoms with E-state index in [1.807, 2.05) is 32.9 Å². The highest BCUT2D eigenvalue weighted by atomic mass is 16.1. The molecular weight excluding hydrogens is 250 g/mol. The van der Waals surface area contributed by atoms with Crippen LogP contribution in [0.25, 0.3) is 0 Å². The van der Waals surface area contributed by atoms with E-state index >= 15 is 0 Å². The Balaban J connectivity index is 2.36. The molecule has 2 aromatic rings. The van der Waals surface area contributed by atoms with Gasteiger partial charge in [-0.3, -0.25) is 4.79 Å². The van der Waals surface area contributed by atoms with Gasteiger partial charge in [0, 0.05) is 22.6 Å². The quantitative estimate of drug-likeness (QED) is 0.733. The minimum Gasteiger partial charge on any atom is -0.399 e. The van der Waals surface area contributed by atoms with Gasteiger partial charge in [0.1, 0.15) is 0 Å². The van der Waals surface area contributed by atoms with Crippen LogP contribution in [0.4, 0.5) is 17.1 Å². The van der Waals surface area contributed by atoms with E-state index in [1.165, 1.54) is 0 Å². The van der Waals surface area contributed by atoms with Crippen molar-refractivity contribution >= 4 is 23.0 Å². The van der Waals surface area contributed by atoms with Crippen molar-refractivity contribution in [2.24, 2.45) is 0 Å². The predicted molar refractivity (Wildman–Crippen MR) is 83.9 cm³/mol. The van der Waals surface area contributed by atoms with Gasteiger partial charge in [0.15, 0.2) is 0 Å². The van der Waals surface area contributed by atoms with E-state index in [9.17, 15) is 4.79 Å². The van der Waals surface area contributed by atoms with Gasteiger partial charge >= 0.3 is 0 Å². The van der Waals surface area contributed by atoms with Crippen molar-refractivity contribution < 1.29 is 4.79 Å². The minimum absolute atomic E-state index is 0.161. The van der Waals surface area contributed by atoms with Crippen LogP contribution >= 0.6 is 0 Å². The number of aryl methyl sites for hydroxylation is 2. The number of amides is 1. The van der Waals surface area contributed by atoms with Crippen molar-refractivity contribution in [1.82, 2.24) is 0 Å². The number of benzene rings is 2. The number of carbonyl (C=O) groups is 1. The topological polar surface area (TPSA) is 81.1 Å². The molecule has 0 aliphatic heterocycles. The summed E-state index contributed by atoms with van der Waals surface area (Å²) < 4.78 is 0. The SMILES string of the molecule is Cc1cc(N)cc(C)c1NC(=O)c1cccc(N)c1C. The van der Waals surface area contributed by atoms with Crippen molar-refractivity contribution in [3.05, 3.63) is 52.6 Å². The highest BCUT2D eigenvalue weighted by Gasteiger charge is 2.13. The third-order valence-electron chi connectivity index (χ3n) is 3.41. The average Bonchev–Trinajstić information content (AvgIpc) is 2.36. The van der Waals surface area contributed by atoms with Crippen LogP contribution < -0.4 is 16.8 Å². The van der Waals surface area contributed by atoms with Crippen molar-refractivity contribution in [1.29, 1.82) is 0 Å². The van der Waals surface area contributed by atoms with Gasteiger partial charge in [-0.1, -0.05) is 6.07 Å². The molecule has 5 N–H and O–H groups in total. The van der Waals surface area contributed by atoms with Crippen molar-refractivity contribution in [3.63, 3.8) is 0 Å². The fourth-order valence-electron chi connectivity index (χ4n) is 2.27. The summed E-state index contributed by atoms with van der Waals surface area (Å²) in [5, 5.41) is 2.94. The summed E-state index contributed by atoms with van der Waals surface area (Å²) in [7, 11) is 0. The summed E-state index contributed by atoms with van der Waals surface area (Å²) >= 11 is 0. The fourth-order valence-corrected chi connectivity index (χ4v) is 2.27. The number of nitrogens with one attached hydrogen (secondary N) is 1. The summed E-state index contributed by atoms with van der Waals surface area (Å²) in [4.78, 5) is 12.4. The van der Waals surface area contributed by atoms with E-state index in [2.05, 4.69) is 5.32 Å². The van der Waals surface area contributed by atoms with Crippen LogP contribution in [0.1, 0.15) is 27.0 Å². The first kappa shape index (κ1) is 13.9. The lowest BCUT2D eigenvalue weighted by Gasteiger charge is -2.14. The monoisotopic (exact) mass is 269 g/mol. The van der Waals surface area contributed by atoms with E-state index in [0.717, 1.165) is 22.4 Å². The molecule has 4 heteroatoms. The predicted octanol–water partition coefficient (Wildman–Crippen LogP) is 3.03. The molecule has 0 bridgehead atoms. The molecule has 0 atom stereocenters. The fraction of sp³-hybridized carbons (Fsp3) is 0.188. The smallest absolute Gasteiger partial charge is 0.256 e. The van der Waals surface area contributed by atoms with Crippen molar-refractivity contribution in [3.8, 4) is 0 Å². The van der Waals surface area contributed by atoms with Crippen LogP contribution in [0.2, 0.25) is 0 Å². The highest BCUT2D eigenvalue weighted by molar-refractivity contribution is 6.06. The van der Waals surface area contributed by atoms with Gasteiger partial charge in [0.25, 0.3) is 5.91 Å². The van der Waals surface area contributed by atoms with Crippen LogP contribution in [0, 0.1) is 20.8 Å². The molecule has 104 valence electrons. The Bertz CT molecular complexity index is 654. The molecular formula is C16H19N3O. The molecule has 2 aromatic carbocycles. The molecule has 0 aliphatic rings. The molecule has 0 fully saturated rings. The second-order valence-electron chi connectivity index (χ2n) is 5.00. The molecule has 4 nitrogen and oxygen atoms in total. The van der Waals surface area contributed by atoms with E-state index in [0.29, 0.717) is 16.9 Å². The van der Waals surface area contributed by atoms with Gasteiger partial charge in [-0.15, -0.1) is 0 Å². The van der Waals surface area contributed by atoms with Gasteiger partial charge in [0.2, 0.25) is 0 Å². The van der Waals surface area contributed by atoms with Gasteiger partial charge in [0.05, 0.1) is 0 Å². The standard InChI is InChI=1S/C16H19N3O/c1-9-7-12(17)8-10(2)15(9)19-16(20)13-5-4-6-14(18)11(13)3/h4-8H,17-18H2,1-3H3,(H,19,20). The van der Waals surface area contributed by atoms with Gasteiger partial charge in [-0.05, 0) is 61.7 Å². The molecule has 1 amide bonds. The molecule has 20 heavy (non-hydrogen) atoms. The van der Waals surface area contributed by atoms with E-state index in [-0.39, 0.29) is 5.91 Å². The van der Waals surface area contributed by atoms with Crippen molar-refractivity contribution in [2.45, 2.75) is 20.8 Å². The number of rotatable bonds is 2. The zero-order valence-electron chi connectivity index (χ0n) is 11.9. The molecule has 0 radical (unpaired) electrons. The zero-order valence-corrected chi connectivity index (χ0v) is 11.9. The number of hydrogen-bond donors (Lipinski definition) is 3. The Morgan fingerprint density at radius 2 is 1.65 bits per heavy atom. The van der Waals surface area contributed by atoms with E-state index in [1.54, 1.807) is 18.2 Å². The third-order valence-corrected chi connectivity index (χ3v) is 3.41. The summed E-state index contributed by atoms with van der Waals surface area (Å²) in [5.41, 5.74) is 17.0. The Hall–Kier alpha value is -2.49. The Morgan fingerprint density at radius 3 is 2.25 bits per heavy atom. The molecule has 0 aromatic heterocycles. The number of nitrogens with two attached hydrogens (primary N) is 2. The van der Waals surface area contributed by atoms with Gasteiger partial charge in [-0.2, -0.15) is 0 Å². The largest absolute Gasteiger partial charge is 0.399 e. The zero-order chi connectivity index (χ0) is 14.9. The van der Waals surface area contributed by atoms with E-state index < -0.39 is 0 Å². The molecule has 0 aliphatic carbocycles. The number of carbonyl (C=O) groups excluding carboxylic acids is 1. The maximum absolute atomic E-state index is 12.4. The second kappa shape index (κ2) is 5.25. The number of nitrogen functional groups attached to an aromatic ring is 2. The molecule has 0 heterocycles. The van der Waals surface area contributed by atoms with E-state index in [4.69, 9.17) is 11.5 Å². The lowest BCUT2D eigenvalue weighted by molar-refractivity contribution is 0.102. The number of anilines is 3. The molecule has 0 saturated heterocycles. The van der Waals surface area contributed by atoms with Crippen molar-refractivity contribution in [2.75, 3.05) is 16.8 Å². The van der Waals surface area contributed by atoms with Gasteiger partial charge in [-0.25, -0.2) is 0 Å². The Kier molecular flexibility index (Phi) is 3.66. The number of hydrogen-bond acceptors (Lipinski definition) is 3. The van der Waals surface area contributed by atoms with Gasteiger partial charge < -0.3 is 16.8 Å². The van der Waals surface area contributed by atoms with Crippen LogP contribution in [0.15, 0.2) is 30.3 Å². The normalized spacial score (nSPS) is 10.3. The first-order chi connectivity index (χ1) is 9.40. The maximum Gasteiger partial charge on any atom is 0.256 e. The van der Waals surface area contributed by atoms with Crippen LogP contribution in [0.3, 0.4) is 0 Å². The summed E-state index contributed by atoms with van der Waals surface area (Å²) in [5.74, 6) is -0.161. The first-order valence-electron chi connectivity index (χ1n) is 6.43. The summed E-state index contributed by atoms with van der Waals surface area (Å²) in [6.45, 7) is 5.68. The van der Waals surface area contributed by atoms with Crippen LogP contribution in [0.5, 0.6) is 0 Å². The lowest BCUT2D eigenvalue weighted by atomic mass is 10.0. The Morgan fingerprint density at radius 1 is 1.05 bits per heavy atom. The third kappa shape index (κ3) is 2.59. The van der Waals surface area contributed by atoms with Crippen LogP contribution in [-0.4, -0.2) is 5.91 Å². The summed E-state index contributed by atoms with van der Waals surface area (Å²) in [6, 6.07) is 9.01. The highest BCUT2D eigenvalue weighted by Crippen LogP contribution is 2.25. The molecule has 0 saturated carbocycles. The lowest BCUT2D eigenvalue weighted by Crippen LogP contribution is -2.16. The average molecular weight is 269 g/mol.